The number of benzene rings is 2. The molecule has 2 aromatic rings. The van der Waals surface area contributed by atoms with E-state index in [4.69, 9.17) is 29.2 Å². The molecule has 12 heteroatoms. The number of likely N-dealkylation sites (N-methyl/N-ethyl adjacent to an activating group) is 4. The lowest BCUT2D eigenvalue weighted by Crippen LogP contribution is -2.41. The first kappa shape index (κ1) is 108. The van der Waals surface area contributed by atoms with Crippen molar-refractivity contribution >= 4 is 0 Å². The molecule has 0 aliphatic heterocycles. The second kappa shape index (κ2) is 74.7. The number of aryl methyl sites for hydroxylation is 3. The Morgan fingerprint density at radius 2 is 0.548 bits per heavy atom. The minimum atomic E-state index is 0. The maximum absolute atomic E-state index is 9.58. The van der Waals surface area contributed by atoms with Gasteiger partial charge in [0.1, 0.15) is 50.8 Å². The van der Waals surface area contributed by atoms with Gasteiger partial charge in [-0.2, -0.15) is 0 Å². The predicted octanol–water partition coefficient (Wildman–Crippen LogP) is 23.1. The van der Waals surface area contributed by atoms with Crippen LogP contribution in [0, 0.1) is 0 Å². The number of hydrogen-bond donors (Lipinski definition) is 4. The average Bonchev–Trinajstić information content (AvgIpc) is 0.808. The van der Waals surface area contributed by atoms with E-state index in [1.165, 1.54) is 271 Å². The summed E-state index contributed by atoms with van der Waals surface area (Å²) in [6.45, 7) is 33.9. The number of methoxy groups -OCH3 is 1. The van der Waals surface area contributed by atoms with E-state index in [9.17, 15) is 10.2 Å². The third-order valence-electron chi connectivity index (χ3n) is 20.9. The molecule has 0 amide bonds. The number of hydrogen-bond acceptors (Lipinski definition) is 8. The Morgan fingerprint density at radius 3 is 0.808 bits per heavy atom. The monoisotopic (exact) mass is 1480 g/mol. The van der Waals surface area contributed by atoms with Gasteiger partial charge in [0.2, 0.25) is 0 Å². The molecule has 12 nitrogen and oxygen atoms in total. The van der Waals surface area contributed by atoms with Crippen molar-refractivity contribution in [2.75, 3.05) is 156 Å². The Hall–Kier alpha value is -2.36. The zero-order chi connectivity index (χ0) is 77.6. The van der Waals surface area contributed by atoms with Gasteiger partial charge in [0, 0.05) is 37.0 Å². The molecule has 4 N–H and O–H groups in total. The Balaban J connectivity index is -0.000000700. The number of aliphatic hydroxyl groups is 4. The Labute approximate surface area is 650 Å². The van der Waals surface area contributed by atoms with Crippen molar-refractivity contribution < 1.29 is 57.3 Å². The van der Waals surface area contributed by atoms with E-state index in [2.05, 4.69) is 150 Å². The van der Waals surface area contributed by atoms with Gasteiger partial charge in [0.05, 0.1) is 115 Å². The molecule has 1 atom stereocenters. The van der Waals surface area contributed by atoms with Gasteiger partial charge >= 0.3 is 0 Å². The van der Waals surface area contributed by atoms with E-state index in [1.807, 2.05) is 0 Å². The summed E-state index contributed by atoms with van der Waals surface area (Å²) in [4.78, 5) is 0. The number of quaternary nitrogens is 4. The van der Waals surface area contributed by atoms with E-state index in [0.717, 1.165) is 147 Å². The van der Waals surface area contributed by atoms with Crippen molar-refractivity contribution in [2.24, 2.45) is 0 Å². The second-order valence-corrected chi connectivity index (χ2v) is 32.9. The van der Waals surface area contributed by atoms with Crippen LogP contribution in [-0.4, -0.2) is 194 Å². The van der Waals surface area contributed by atoms with Crippen molar-refractivity contribution in [1.29, 1.82) is 0 Å². The van der Waals surface area contributed by atoms with E-state index < -0.39 is 0 Å². The normalized spacial score (nSPS) is 11.9. The van der Waals surface area contributed by atoms with Crippen LogP contribution in [0.2, 0.25) is 0 Å². The SMILES string of the molecule is C.CCCCCCCCCCCCOC.CCCCCCCCCCCCOc1c(CC)cc(C[N+](C)(C)CCO)cc1C(C)OCCCCCCCCCCCC.CCCCCCCCCCCCOc1c(CC)cc(C[N+](C)(C)CCO)cc1CC.CC[N+](C)(C)CCO.CC[N+](C)(C)CCO. The van der Waals surface area contributed by atoms with Crippen LogP contribution >= 0.6 is 0 Å². The van der Waals surface area contributed by atoms with E-state index in [-0.39, 0.29) is 26.7 Å². The van der Waals surface area contributed by atoms with Gasteiger partial charge in [-0.15, -0.1) is 0 Å². The van der Waals surface area contributed by atoms with Crippen LogP contribution in [-0.2, 0) is 41.8 Å². The minimum Gasteiger partial charge on any atom is -0.493 e. The lowest BCUT2D eigenvalue weighted by atomic mass is 9.98. The van der Waals surface area contributed by atoms with Crippen LogP contribution in [0.15, 0.2) is 24.3 Å². The summed E-state index contributed by atoms with van der Waals surface area (Å²) in [7, 11) is 19.0. The van der Waals surface area contributed by atoms with E-state index >= 15 is 0 Å². The smallest absolute Gasteiger partial charge is 0.128 e. The summed E-state index contributed by atoms with van der Waals surface area (Å²) < 4.78 is 27.7. The van der Waals surface area contributed by atoms with Gasteiger partial charge in [0.15, 0.2) is 0 Å². The maximum atomic E-state index is 9.58. The molecule has 0 saturated carbocycles. The van der Waals surface area contributed by atoms with Crippen LogP contribution in [0.4, 0.5) is 0 Å². The van der Waals surface area contributed by atoms with E-state index in [1.54, 1.807) is 7.11 Å². The van der Waals surface area contributed by atoms with E-state index in [0.29, 0.717) is 13.2 Å². The van der Waals surface area contributed by atoms with Gasteiger partial charge < -0.3 is 57.3 Å². The number of unbranched alkanes of at least 4 members (excludes halogenated alkanes) is 36. The largest absolute Gasteiger partial charge is 0.493 e. The first-order chi connectivity index (χ1) is 49.5. The summed E-state index contributed by atoms with van der Waals surface area (Å²) >= 11 is 0. The quantitative estimate of drug-likeness (QED) is 0.0382. The number of rotatable bonds is 65. The molecule has 0 heterocycles. The highest BCUT2D eigenvalue weighted by molar-refractivity contribution is 5.46. The first-order valence-electron chi connectivity index (χ1n) is 43.9. The summed E-state index contributed by atoms with van der Waals surface area (Å²) in [6.07, 6.45) is 57.3. The lowest BCUT2D eigenvalue weighted by Gasteiger charge is -2.30. The zero-order valence-corrected chi connectivity index (χ0v) is 72.8. The Bertz CT molecular complexity index is 2040. The number of aliphatic hydroxyl groups excluding tert-OH is 4. The highest BCUT2D eigenvalue weighted by Gasteiger charge is 2.23. The molecule has 620 valence electrons. The molecule has 0 aliphatic rings. The maximum Gasteiger partial charge on any atom is 0.128 e. The van der Waals surface area contributed by atoms with Gasteiger partial charge in [-0.1, -0.05) is 287 Å². The Morgan fingerprint density at radius 1 is 0.308 bits per heavy atom. The summed E-state index contributed by atoms with van der Waals surface area (Å²) in [6, 6.07) is 9.31. The first-order valence-corrected chi connectivity index (χ1v) is 43.9. The molecule has 2 rings (SSSR count). The predicted molar refractivity (Wildman–Crippen MR) is 457 cm³/mol. The highest BCUT2D eigenvalue weighted by Crippen LogP contribution is 2.35. The summed E-state index contributed by atoms with van der Waals surface area (Å²) in [5.41, 5.74) is 7.83. The molecule has 0 aromatic heterocycles. The molecular weight excluding hydrogens is 1290 g/mol. The molecule has 0 fully saturated rings. The molecule has 1 unspecified atom stereocenters. The summed E-state index contributed by atoms with van der Waals surface area (Å²) in [5.74, 6) is 2.19. The van der Waals surface area contributed by atoms with Crippen molar-refractivity contribution in [3.05, 3.63) is 57.6 Å². The van der Waals surface area contributed by atoms with Crippen molar-refractivity contribution in [2.45, 2.75) is 372 Å². The number of ether oxygens (including phenoxy) is 4. The second-order valence-electron chi connectivity index (χ2n) is 32.9. The minimum absolute atomic E-state index is 0. The third-order valence-corrected chi connectivity index (χ3v) is 20.9. The molecule has 0 bridgehead atoms. The molecular formula is C92H188N4O8+4. The van der Waals surface area contributed by atoms with Crippen molar-refractivity contribution in [1.82, 2.24) is 0 Å². The highest BCUT2D eigenvalue weighted by atomic mass is 16.5. The van der Waals surface area contributed by atoms with Crippen LogP contribution in [0.25, 0.3) is 0 Å². The van der Waals surface area contributed by atoms with Crippen molar-refractivity contribution in [3.63, 3.8) is 0 Å². The standard InChI is InChI=1S/C39H74NO3.C27H50NO2.C13H28O.2C6H16NO.CH4/c1-7-10-12-14-16-18-20-22-24-26-30-42-35(4)38-33-36(34-40(5,6)28-29-41)32-37(9-3)39(38)43-31-27-25-23-21-19-17-15-13-11-8-2;1-6-9-10-11-12-13-14-15-16-17-20-30-27-25(7-2)21-24(22-26(27)8-3)23-28(4,5)18-19-29;1-3-4-5-6-7-8-9-10-11-12-13-14-2;2*1-4-7(2,3)5-6-8;/h32-33,35,41H,7-31,34H2,1-6H3;21-22,29H,6-20,23H2,1-5H3;3-13H2,1-2H3;2*8H,4-6H2,1-3H3;1H4/q2*+1;;2*+1;. The fourth-order valence-electron chi connectivity index (χ4n) is 13.0. The van der Waals surface area contributed by atoms with Crippen LogP contribution in [0.3, 0.4) is 0 Å². The number of nitrogens with zero attached hydrogens (tertiary/aromatic N) is 4. The molecule has 0 radical (unpaired) electrons. The van der Waals surface area contributed by atoms with Crippen LogP contribution in [0.5, 0.6) is 11.5 Å². The fraction of sp³-hybridized carbons (Fsp3) is 0.870. The lowest BCUT2D eigenvalue weighted by molar-refractivity contribution is -0.903. The van der Waals surface area contributed by atoms with Crippen molar-refractivity contribution in [3.8, 4) is 11.5 Å². The molecule has 104 heavy (non-hydrogen) atoms. The van der Waals surface area contributed by atoms with Gasteiger partial charge in [-0.25, -0.2) is 0 Å². The zero-order valence-electron chi connectivity index (χ0n) is 72.8. The van der Waals surface area contributed by atoms with Gasteiger partial charge in [-0.3, -0.25) is 0 Å². The molecule has 0 spiro atoms. The molecule has 0 aliphatic carbocycles. The molecule has 0 saturated heterocycles. The van der Waals surface area contributed by atoms with Gasteiger partial charge in [-0.05, 0) is 107 Å². The average molecular weight is 1480 g/mol. The fourth-order valence-corrected chi connectivity index (χ4v) is 13.0. The summed E-state index contributed by atoms with van der Waals surface area (Å²) in [5, 5.41) is 35.9. The van der Waals surface area contributed by atoms with Gasteiger partial charge in [0.25, 0.3) is 0 Å². The van der Waals surface area contributed by atoms with Crippen LogP contribution < -0.4 is 9.47 Å². The topological polar surface area (TPSA) is 118 Å². The molecule has 2 aromatic carbocycles. The Kier molecular flexibility index (Phi) is 77.6. The van der Waals surface area contributed by atoms with Crippen LogP contribution in [0.1, 0.15) is 373 Å². The third kappa shape index (κ3) is 65.5.